The van der Waals surface area contributed by atoms with Crippen molar-refractivity contribution in [1.82, 2.24) is 0 Å². The maximum Gasteiger partial charge on any atom is 0.0915 e. The van der Waals surface area contributed by atoms with Gasteiger partial charge in [0.25, 0.3) is 0 Å². The molecular weight excluding hydrogens is 392 g/mol. The fourth-order valence-electron chi connectivity index (χ4n) is 12.6. The average molecular weight is 443 g/mol. The number of aliphatic hydroxyl groups is 1. The molecule has 1 saturated heterocycles. The zero-order valence-electron chi connectivity index (χ0n) is 21.9. The standard InChI is InChI=1S/C30H50O2/c1-25(2)13-7-14-26(3)22(25)12-16-27(4)23(26)8-9-24-28(27,5)15-10-21-20-11-17-30(21,24)19-32-29(20,6)18-31/h20-24,31H,7-19H2,1-6H3/t20-,21-,22?,23+,24-,26-,27+,28+,29+,30+/m0/s1. The van der Waals surface area contributed by atoms with Crippen molar-refractivity contribution in [2.24, 2.45) is 56.7 Å². The maximum atomic E-state index is 10.2. The van der Waals surface area contributed by atoms with Gasteiger partial charge in [0.15, 0.2) is 0 Å². The molecule has 2 nitrogen and oxygen atoms in total. The van der Waals surface area contributed by atoms with Crippen molar-refractivity contribution in [1.29, 1.82) is 0 Å². The summed E-state index contributed by atoms with van der Waals surface area (Å²) < 4.78 is 6.61. The Bertz CT molecular complexity index is 790. The lowest BCUT2D eigenvalue weighted by molar-refractivity contribution is -0.277. The molecule has 182 valence electrons. The molecule has 1 heterocycles. The summed E-state index contributed by atoms with van der Waals surface area (Å²) in [6, 6.07) is 0. The second kappa shape index (κ2) is 6.57. The molecule has 2 heteroatoms. The van der Waals surface area contributed by atoms with Crippen molar-refractivity contribution >= 4 is 0 Å². The molecule has 32 heavy (non-hydrogen) atoms. The van der Waals surface area contributed by atoms with Crippen LogP contribution in [0.3, 0.4) is 0 Å². The molecule has 2 bridgehead atoms. The third kappa shape index (κ3) is 2.41. The molecule has 0 aromatic rings. The molecule has 0 amide bonds. The van der Waals surface area contributed by atoms with E-state index in [-0.39, 0.29) is 12.2 Å². The molecule has 5 aliphatic carbocycles. The number of rotatable bonds is 1. The highest BCUT2D eigenvalue weighted by molar-refractivity contribution is 5.21. The first-order valence-corrected chi connectivity index (χ1v) is 14.2. The van der Waals surface area contributed by atoms with Crippen LogP contribution in [-0.2, 0) is 4.74 Å². The Kier molecular flexibility index (Phi) is 4.59. The Balaban J connectivity index is 1.38. The van der Waals surface area contributed by atoms with Gasteiger partial charge in [-0.25, -0.2) is 0 Å². The van der Waals surface area contributed by atoms with E-state index in [1.165, 1.54) is 70.6 Å². The van der Waals surface area contributed by atoms with E-state index >= 15 is 0 Å². The Labute approximate surface area is 197 Å². The molecule has 1 aliphatic heterocycles. The maximum absolute atomic E-state index is 10.2. The first-order valence-electron chi connectivity index (χ1n) is 14.2. The lowest BCUT2D eigenvalue weighted by Crippen LogP contribution is -2.68. The van der Waals surface area contributed by atoms with Crippen LogP contribution in [0.15, 0.2) is 0 Å². The summed E-state index contributed by atoms with van der Waals surface area (Å²) in [5, 5.41) is 10.2. The number of ether oxygens (including phenoxy) is 1. The van der Waals surface area contributed by atoms with E-state index in [1.807, 2.05) is 0 Å². The van der Waals surface area contributed by atoms with Crippen molar-refractivity contribution in [2.45, 2.75) is 118 Å². The Morgan fingerprint density at radius 2 is 1.34 bits per heavy atom. The highest BCUT2D eigenvalue weighted by atomic mass is 16.5. The van der Waals surface area contributed by atoms with Crippen LogP contribution in [0, 0.1) is 56.7 Å². The van der Waals surface area contributed by atoms with E-state index in [1.54, 1.807) is 0 Å². The first-order chi connectivity index (χ1) is 15.0. The minimum atomic E-state index is -0.293. The van der Waals surface area contributed by atoms with Gasteiger partial charge >= 0.3 is 0 Å². The van der Waals surface area contributed by atoms with Crippen LogP contribution in [0.2, 0.25) is 0 Å². The van der Waals surface area contributed by atoms with Gasteiger partial charge in [0.1, 0.15) is 0 Å². The average Bonchev–Trinajstić information content (AvgIpc) is 3.05. The summed E-state index contributed by atoms with van der Waals surface area (Å²) in [5.41, 5.74) is 2.08. The van der Waals surface area contributed by atoms with Crippen LogP contribution in [0.4, 0.5) is 0 Å². The summed E-state index contributed by atoms with van der Waals surface area (Å²) >= 11 is 0. The summed E-state index contributed by atoms with van der Waals surface area (Å²) in [7, 11) is 0. The van der Waals surface area contributed by atoms with Crippen molar-refractivity contribution in [3.63, 3.8) is 0 Å². The number of aliphatic hydroxyl groups excluding tert-OH is 1. The molecule has 0 aromatic heterocycles. The van der Waals surface area contributed by atoms with E-state index in [4.69, 9.17) is 4.74 Å². The lowest BCUT2D eigenvalue weighted by Gasteiger charge is -2.74. The zero-order valence-corrected chi connectivity index (χ0v) is 21.9. The van der Waals surface area contributed by atoms with Gasteiger partial charge in [0, 0.05) is 5.41 Å². The summed E-state index contributed by atoms with van der Waals surface area (Å²) in [6.45, 7) is 16.7. The predicted molar refractivity (Wildman–Crippen MR) is 130 cm³/mol. The summed E-state index contributed by atoms with van der Waals surface area (Å²) in [4.78, 5) is 0. The molecular formula is C30H50O2. The van der Waals surface area contributed by atoms with Gasteiger partial charge in [-0.2, -0.15) is 0 Å². The molecule has 0 radical (unpaired) electrons. The van der Waals surface area contributed by atoms with Crippen molar-refractivity contribution < 1.29 is 9.84 Å². The van der Waals surface area contributed by atoms with Gasteiger partial charge in [-0.1, -0.05) is 41.0 Å². The summed E-state index contributed by atoms with van der Waals surface area (Å²) in [6.07, 6.45) is 15.6. The van der Waals surface area contributed by atoms with Gasteiger partial charge in [-0.05, 0) is 122 Å². The van der Waals surface area contributed by atoms with Crippen LogP contribution < -0.4 is 0 Å². The van der Waals surface area contributed by atoms with Crippen LogP contribution in [0.5, 0.6) is 0 Å². The number of hydrogen-bond donors (Lipinski definition) is 1. The van der Waals surface area contributed by atoms with E-state index in [9.17, 15) is 5.11 Å². The lowest BCUT2D eigenvalue weighted by atomic mass is 9.31. The van der Waals surface area contributed by atoms with E-state index in [0.717, 1.165) is 30.3 Å². The molecule has 6 rings (SSSR count). The van der Waals surface area contributed by atoms with E-state index < -0.39 is 0 Å². The van der Waals surface area contributed by atoms with Gasteiger partial charge in [0.05, 0.1) is 18.8 Å². The first kappa shape index (κ1) is 22.4. The van der Waals surface area contributed by atoms with Gasteiger partial charge < -0.3 is 9.84 Å². The number of fused-ring (bicyclic) bond motifs is 5. The largest absolute Gasteiger partial charge is 0.393 e. The Morgan fingerprint density at radius 1 is 0.688 bits per heavy atom. The normalized spacial score (nSPS) is 60.7. The number of hydrogen-bond acceptors (Lipinski definition) is 2. The molecule has 5 saturated carbocycles. The fourth-order valence-corrected chi connectivity index (χ4v) is 12.6. The topological polar surface area (TPSA) is 29.5 Å². The highest BCUT2D eigenvalue weighted by Crippen LogP contribution is 2.78. The Morgan fingerprint density at radius 3 is 2.09 bits per heavy atom. The zero-order chi connectivity index (χ0) is 22.8. The highest BCUT2D eigenvalue weighted by Gasteiger charge is 2.73. The fraction of sp³-hybridized carbons (Fsp3) is 1.00. The minimum Gasteiger partial charge on any atom is -0.393 e. The van der Waals surface area contributed by atoms with Gasteiger partial charge in [-0.15, -0.1) is 0 Å². The van der Waals surface area contributed by atoms with Crippen LogP contribution in [0.1, 0.15) is 112 Å². The quantitative estimate of drug-likeness (QED) is 0.464. The molecule has 1 unspecified atom stereocenters. The van der Waals surface area contributed by atoms with Crippen LogP contribution in [-0.4, -0.2) is 23.9 Å². The van der Waals surface area contributed by atoms with E-state index in [0.29, 0.717) is 33.0 Å². The third-order valence-electron chi connectivity index (χ3n) is 14.2. The molecule has 0 aromatic carbocycles. The van der Waals surface area contributed by atoms with E-state index in [2.05, 4.69) is 41.5 Å². The Hall–Kier alpha value is -0.0800. The monoisotopic (exact) mass is 442 g/mol. The van der Waals surface area contributed by atoms with Crippen LogP contribution in [0.25, 0.3) is 0 Å². The third-order valence-corrected chi connectivity index (χ3v) is 14.2. The minimum absolute atomic E-state index is 0.196. The molecule has 10 atom stereocenters. The second-order valence-corrected chi connectivity index (χ2v) is 15.2. The SMILES string of the molecule is CC1(C)CCC[C@@]2(C)C1CC[C@]1(C)[C@@H]2CC[C@@H]2[C@@]34CC[C@@H]([C@@H]3CC[C@]21C)[C@@](C)(CO)OC4. The smallest absolute Gasteiger partial charge is 0.0915 e. The summed E-state index contributed by atoms with van der Waals surface area (Å²) in [5.74, 6) is 3.98. The van der Waals surface area contributed by atoms with Crippen LogP contribution >= 0.6 is 0 Å². The predicted octanol–water partition coefficient (Wildman–Crippen LogP) is 7.24. The molecule has 6 fully saturated rings. The van der Waals surface area contributed by atoms with Gasteiger partial charge in [-0.3, -0.25) is 0 Å². The molecule has 0 spiro atoms. The van der Waals surface area contributed by atoms with Crippen molar-refractivity contribution in [3.8, 4) is 0 Å². The second-order valence-electron chi connectivity index (χ2n) is 15.2. The molecule has 6 aliphatic rings. The van der Waals surface area contributed by atoms with Crippen molar-refractivity contribution in [2.75, 3.05) is 13.2 Å². The van der Waals surface area contributed by atoms with Crippen molar-refractivity contribution in [3.05, 3.63) is 0 Å². The van der Waals surface area contributed by atoms with Gasteiger partial charge in [0.2, 0.25) is 0 Å². The molecule has 1 N–H and O–H groups in total.